The minimum Gasteiger partial charge on any atom is -0.198 e. The van der Waals surface area contributed by atoms with Crippen LogP contribution in [0.25, 0.3) is 0 Å². The van der Waals surface area contributed by atoms with Crippen molar-refractivity contribution in [2.45, 2.75) is 26.2 Å². The highest BCUT2D eigenvalue weighted by Crippen LogP contribution is 2.18. The van der Waals surface area contributed by atoms with E-state index in [9.17, 15) is 0 Å². The smallest absolute Gasteiger partial charge is 0.0669 e. The van der Waals surface area contributed by atoms with Crippen LogP contribution in [0.15, 0.2) is 24.3 Å². The molecule has 0 saturated carbocycles. The van der Waals surface area contributed by atoms with Crippen molar-refractivity contribution < 1.29 is 0 Å². The monoisotopic (exact) mass is 195 g/mol. The summed E-state index contributed by atoms with van der Waals surface area (Å²) in [6.45, 7) is 4.30. The van der Waals surface area contributed by atoms with Gasteiger partial charge in [-0.2, -0.15) is 5.26 Å². The van der Waals surface area contributed by atoms with Crippen molar-refractivity contribution in [3.05, 3.63) is 35.4 Å². The second-order valence-electron chi connectivity index (χ2n) is 3.19. The van der Waals surface area contributed by atoms with Gasteiger partial charge in [0, 0.05) is 0 Å². The first-order valence-electron chi connectivity index (χ1n) is 4.20. The maximum Gasteiger partial charge on any atom is 0.0669 e. The van der Waals surface area contributed by atoms with Gasteiger partial charge in [-0.3, -0.25) is 0 Å². The van der Waals surface area contributed by atoms with Crippen molar-refractivity contribution in [3.8, 4) is 6.07 Å². The minimum atomic E-state index is 0. The van der Waals surface area contributed by atoms with E-state index in [-0.39, 0.29) is 12.4 Å². The predicted molar refractivity (Wildman–Crippen MR) is 57.1 cm³/mol. The zero-order valence-electron chi connectivity index (χ0n) is 7.95. The molecule has 1 aromatic carbocycles. The van der Waals surface area contributed by atoms with E-state index in [0.717, 1.165) is 5.56 Å². The van der Waals surface area contributed by atoms with E-state index in [1.165, 1.54) is 5.56 Å². The molecule has 1 rings (SSSR count). The third kappa shape index (κ3) is 3.08. The molecule has 70 valence electrons. The molecule has 0 N–H and O–H groups in total. The Morgan fingerprint density at radius 1 is 1.31 bits per heavy atom. The van der Waals surface area contributed by atoms with E-state index in [1.807, 2.05) is 18.2 Å². The van der Waals surface area contributed by atoms with Crippen LogP contribution in [-0.4, -0.2) is 0 Å². The highest BCUT2D eigenvalue weighted by molar-refractivity contribution is 5.85. The third-order valence-electron chi connectivity index (χ3n) is 1.95. The lowest BCUT2D eigenvalue weighted by Gasteiger charge is -2.09. The standard InChI is InChI=1S/C11H13N.ClH/c1-9(2)11-6-4-3-5-10(11)7-8-12;/h3-6,9H,7H2,1-2H3;1H. The Kier molecular flexibility index (Phi) is 5.18. The van der Waals surface area contributed by atoms with Crippen LogP contribution in [0.5, 0.6) is 0 Å². The lowest BCUT2D eigenvalue weighted by molar-refractivity contribution is 0.851. The number of hydrogen-bond acceptors (Lipinski definition) is 1. The van der Waals surface area contributed by atoms with Crippen LogP contribution in [0.4, 0.5) is 0 Å². The Balaban J connectivity index is 0.00000144. The zero-order chi connectivity index (χ0) is 8.97. The van der Waals surface area contributed by atoms with Gasteiger partial charge in [0.05, 0.1) is 12.5 Å². The highest BCUT2D eigenvalue weighted by atomic mass is 35.5. The van der Waals surface area contributed by atoms with Gasteiger partial charge in [-0.25, -0.2) is 0 Å². The molecule has 0 spiro atoms. The van der Waals surface area contributed by atoms with Gasteiger partial charge < -0.3 is 0 Å². The molecular weight excluding hydrogens is 182 g/mol. The molecule has 0 aliphatic rings. The summed E-state index contributed by atoms with van der Waals surface area (Å²) >= 11 is 0. The van der Waals surface area contributed by atoms with E-state index in [2.05, 4.69) is 26.0 Å². The topological polar surface area (TPSA) is 23.8 Å². The van der Waals surface area contributed by atoms with Gasteiger partial charge >= 0.3 is 0 Å². The van der Waals surface area contributed by atoms with E-state index < -0.39 is 0 Å². The van der Waals surface area contributed by atoms with Crippen molar-refractivity contribution in [3.63, 3.8) is 0 Å². The molecule has 0 radical (unpaired) electrons. The number of nitrogens with zero attached hydrogens (tertiary/aromatic N) is 1. The molecule has 0 amide bonds. The van der Waals surface area contributed by atoms with Crippen molar-refractivity contribution in [2.24, 2.45) is 0 Å². The van der Waals surface area contributed by atoms with Crippen LogP contribution < -0.4 is 0 Å². The quantitative estimate of drug-likeness (QED) is 0.711. The van der Waals surface area contributed by atoms with Crippen LogP contribution in [0.2, 0.25) is 0 Å². The van der Waals surface area contributed by atoms with Gasteiger partial charge in [0.1, 0.15) is 0 Å². The Morgan fingerprint density at radius 2 is 1.92 bits per heavy atom. The molecule has 0 heterocycles. The first-order valence-corrected chi connectivity index (χ1v) is 4.20. The lowest BCUT2D eigenvalue weighted by Crippen LogP contribution is -1.94. The zero-order valence-corrected chi connectivity index (χ0v) is 8.77. The summed E-state index contributed by atoms with van der Waals surface area (Å²) in [6.07, 6.45) is 0.522. The molecular formula is C11H14ClN. The number of nitriles is 1. The van der Waals surface area contributed by atoms with Gasteiger partial charge in [0.15, 0.2) is 0 Å². The Labute approximate surface area is 85.8 Å². The van der Waals surface area contributed by atoms with Crippen LogP contribution in [0.1, 0.15) is 30.9 Å². The molecule has 0 aliphatic carbocycles. The maximum atomic E-state index is 8.58. The van der Waals surface area contributed by atoms with Gasteiger partial charge in [0.2, 0.25) is 0 Å². The lowest BCUT2D eigenvalue weighted by atomic mass is 9.96. The van der Waals surface area contributed by atoms with Crippen molar-refractivity contribution >= 4 is 12.4 Å². The second kappa shape index (κ2) is 5.61. The van der Waals surface area contributed by atoms with Crippen molar-refractivity contribution in [1.29, 1.82) is 5.26 Å². The van der Waals surface area contributed by atoms with Gasteiger partial charge in [-0.05, 0) is 17.0 Å². The van der Waals surface area contributed by atoms with E-state index in [0.29, 0.717) is 12.3 Å². The fourth-order valence-electron chi connectivity index (χ4n) is 1.34. The first kappa shape index (κ1) is 12.0. The number of benzene rings is 1. The number of hydrogen-bond donors (Lipinski definition) is 0. The van der Waals surface area contributed by atoms with Gasteiger partial charge in [-0.15, -0.1) is 12.4 Å². The summed E-state index contributed by atoms with van der Waals surface area (Å²) in [5.74, 6) is 0.509. The second-order valence-corrected chi connectivity index (χ2v) is 3.19. The summed E-state index contributed by atoms with van der Waals surface area (Å²) in [5.41, 5.74) is 2.45. The summed E-state index contributed by atoms with van der Waals surface area (Å²) in [4.78, 5) is 0. The SMILES string of the molecule is CC(C)c1ccccc1CC#N.Cl. The van der Waals surface area contributed by atoms with E-state index >= 15 is 0 Å². The molecule has 13 heavy (non-hydrogen) atoms. The summed E-state index contributed by atoms with van der Waals surface area (Å²) < 4.78 is 0. The van der Waals surface area contributed by atoms with Crippen molar-refractivity contribution in [2.75, 3.05) is 0 Å². The van der Waals surface area contributed by atoms with Crippen molar-refractivity contribution in [1.82, 2.24) is 0 Å². The predicted octanol–water partition coefficient (Wildman–Crippen LogP) is 3.30. The largest absolute Gasteiger partial charge is 0.198 e. The summed E-state index contributed by atoms with van der Waals surface area (Å²) in [6, 6.07) is 10.3. The van der Waals surface area contributed by atoms with Crippen LogP contribution in [0.3, 0.4) is 0 Å². The molecule has 0 fully saturated rings. The highest BCUT2D eigenvalue weighted by Gasteiger charge is 2.03. The normalized spacial score (nSPS) is 9.08. The average Bonchev–Trinajstić information content (AvgIpc) is 2.05. The molecule has 1 aromatic rings. The Morgan fingerprint density at radius 3 is 2.46 bits per heavy atom. The Bertz CT molecular complexity index is 299. The van der Waals surface area contributed by atoms with Gasteiger partial charge in [0.25, 0.3) is 0 Å². The maximum absolute atomic E-state index is 8.58. The number of halogens is 1. The average molecular weight is 196 g/mol. The molecule has 1 nitrogen and oxygen atoms in total. The minimum absolute atomic E-state index is 0. The molecule has 0 aliphatic heterocycles. The van der Waals surface area contributed by atoms with Crippen LogP contribution in [-0.2, 0) is 6.42 Å². The molecule has 0 unspecified atom stereocenters. The summed E-state index contributed by atoms with van der Waals surface area (Å²) in [7, 11) is 0. The van der Waals surface area contributed by atoms with Crippen LogP contribution >= 0.6 is 12.4 Å². The van der Waals surface area contributed by atoms with Crippen LogP contribution in [0, 0.1) is 11.3 Å². The molecule has 2 heteroatoms. The molecule has 0 aromatic heterocycles. The summed E-state index contributed by atoms with van der Waals surface area (Å²) in [5, 5.41) is 8.58. The number of rotatable bonds is 2. The van der Waals surface area contributed by atoms with E-state index in [4.69, 9.17) is 5.26 Å². The molecule has 0 saturated heterocycles. The third-order valence-corrected chi connectivity index (χ3v) is 1.95. The fraction of sp³-hybridized carbons (Fsp3) is 0.364. The van der Waals surface area contributed by atoms with Gasteiger partial charge in [-0.1, -0.05) is 38.1 Å². The Hall–Kier alpha value is -1.00. The first-order chi connectivity index (χ1) is 5.75. The molecule has 0 bridgehead atoms. The molecule has 0 atom stereocenters. The van der Waals surface area contributed by atoms with E-state index in [1.54, 1.807) is 0 Å². The fourth-order valence-corrected chi connectivity index (χ4v) is 1.34.